The molecule has 3 aromatic carbocycles. The van der Waals surface area contributed by atoms with Crippen molar-refractivity contribution in [2.24, 2.45) is 0 Å². The minimum Gasteiger partial charge on any atom is -0.507 e. The molecule has 36 heavy (non-hydrogen) atoms. The average molecular weight is 484 g/mol. The minimum absolute atomic E-state index is 0.0449. The largest absolute Gasteiger partial charge is 0.507 e. The van der Waals surface area contributed by atoms with E-state index in [1.54, 1.807) is 6.07 Å². The molecule has 0 spiro atoms. The lowest BCUT2D eigenvalue weighted by atomic mass is 9.85. The fourth-order valence-electron chi connectivity index (χ4n) is 4.57. The second-order valence-electron chi connectivity index (χ2n) is 10.5. The number of aliphatic hydroxyl groups excluding tert-OH is 1. The van der Waals surface area contributed by atoms with Crippen molar-refractivity contribution in [3.8, 4) is 5.75 Å². The zero-order valence-electron chi connectivity index (χ0n) is 21.7. The fourth-order valence-corrected chi connectivity index (χ4v) is 4.57. The van der Waals surface area contributed by atoms with Crippen LogP contribution in [0.5, 0.6) is 5.75 Å². The van der Waals surface area contributed by atoms with Gasteiger partial charge in [0.1, 0.15) is 11.5 Å². The molecular formula is C31H33NO4. The molecule has 1 unspecified atom stereocenters. The van der Waals surface area contributed by atoms with E-state index in [0.717, 1.165) is 16.7 Å². The summed E-state index contributed by atoms with van der Waals surface area (Å²) >= 11 is 0. The highest BCUT2D eigenvalue weighted by atomic mass is 16.5. The third kappa shape index (κ3) is 4.53. The molecule has 1 heterocycles. The molecule has 5 heteroatoms. The van der Waals surface area contributed by atoms with E-state index in [1.165, 1.54) is 12.0 Å². The molecule has 0 bridgehead atoms. The predicted molar refractivity (Wildman–Crippen MR) is 143 cm³/mol. The Balaban J connectivity index is 1.95. The van der Waals surface area contributed by atoms with Crippen LogP contribution in [0.25, 0.3) is 5.76 Å². The lowest BCUT2D eigenvalue weighted by Gasteiger charge is -2.26. The van der Waals surface area contributed by atoms with Crippen LogP contribution < -0.4 is 9.64 Å². The molecule has 1 amide bonds. The molecule has 1 fully saturated rings. The second kappa shape index (κ2) is 9.65. The second-order valence-corrected chi connectivity index (χ2v) is 10.5. The molecule has 1 aliphatic rings. The normalized spacial score (nSPS) is 17.6. The van der Waals surface area contributed by atoms with E-state index in [2.05, 4.69) is 34.6 Å². The van der Waals surface area contributed by atoms with Gasteiger partial charge in [0, 0.05) is 5.69 Å². The van der Waals surface area contributed by atoms with Gasteiger partial charge in [-0.15, -0.1) is 0 Å². The van der Waals surface area contributed by atoms with Crippen LogP contribution in [-0.2, 0) is 15.0 Å². The summed E-state index contributed by atoms with van der Waals surface area (Å²) in [5.41, 5.74) is 3.68. The highest BCUT2D eigenvalue weighted by Gasteiger charge is 2.47. The van der Waals surface area contributed by atoms with E-state index < -0.39 is 17.7 Å². The molecule has 0 radical (unpaired) electrons. The maximum absolute atomic E-state index is 13.5. The van der Waals surface area contributed by atoms with Gasteiger partial charge in [-0.3, -0.25) is 14.5 Å². The molecule has 4 rings (SSSR count). The Morgan fingerprint density at radius 3 is 2.14 bits per heavy atom. The van der Waals surface area contributed by atoms with Crippen LogP contribution in [0.4, 0.5) is 5.69 Å². The summed E-state index contributed by atoms with van der Waals surface area (Å²) in [6, 6.07) is 21.8. The van der Waals surface area contributed by atoms with Gasteiger partial charge in [0.25, 0.3) is 11.7 Å². The van der Waals surface area contributed by atoms with Gasteiger partial charge in [-0.25, -0.2) is 0 Å². The number of benzene rings is 3. The number of ketones is 1. The van der Waals surface area contributed by atoms with Crippen LogP contribution in [0.2, 0.25) is 0 Å². The predicted octanol–water partition coefficient (Wildman–Crippen LogP) is 6.74. The van der Waals surface area contributed by atoms with Crippen LogP contribution in [0.15, 0.2) is 78.4 Å². The third-order valence-corrected chi connectivity index (χ3v) is 6.72. The summed E-state index contributed by atoms with van der Waals surface area (Å²) in [5, 5.41) is 11.6. The lowest BCUT2D eigenvalue weighted by Crippen LogP contribution is -2.29. The molecule has 1 saturated heterocycles. The SMILES string of the molecule is COc1ccc(C(C)(C)C)cc1/C(O)=C1\C(=O)C(=O)N(c2ccc(C(C)C)cc2)C1c1ccccc1. The molecule has 0 saturated carbocycles. The van der Waals surface area contributed by atoms with Crippen molar-refractivity contribution in [3.05, 3.63) is 101 Å². The lowest BCUT2D eigenvalue weighted by molar-refractivity contribution is -0.132. The number of ether oxygens (including phenoxy) is 1. The van der Waals surface area contributed by atoms with Crippen molar-refractivity contribution >= 4 is 23.1 Å². The molecule has 1 N–H and O–H groups in total. The van der Waals surface area contributed by atoms with Gasteiger partial charge < -0.3 is 9.84 Å². The molecular weight excluding hydrogens is 450 g/mol. The van der Waals surface area contributed by atoms with Gasteiger partial charge in [0.15, 0.2) is 0 Å². The van der Waals surface area contributed by atoms with Gasteiger partial charge in [-0.2, -0.15) is 0 Å². The highest BCUT2D eigenvalue weighted by Crippen LogP contribution is 2.44. The van der Waals surface area contributed by atoms with Crippen molar-refractivity contribution in [1.82, 2.24) is 0 Å². The molecule has 1 atom stereocenters. The van der Waals surface area contributed by atoms with Crippen molar-refractivity contribution in [2.75, 3.05) is 12.0 Å². The summed E-state index contributed by atoms with van der Waals surface area (Å²) in [4.78, 5) is 28.4. The quantitative estimate of drug-likeness (QED) is 0.248. The third-order valence-electron chi connectivity index (χ3n) is 6.72. The van der Waals surface area contributed by atoms with Crippen LogP contribution in [0, 0.1) is 0 Å². The monoisotopic (exact) mass is 483 g/mol. The zero-order chi connectivity index (χ0) is 26.2. The van der Waals surface area contributed by atoms with Crippen LogP contribution in [-0.4, -0.2) is 23.9 Å². The Bertz CT molecular complexity index is 1310. The zero-order valence-corrected chi connectivity index (χ0v) is 21.7. The first-order valence-corrected chi connectivity index (χ1v) is 12.2. The summed E-state index contributed by atoms with van der Waals surface area (Å²) in [6.45, 7) is 10.4. The van der Waals surface area contributed by atoms with Crippen molar-refractivity contribution in [3.63, 3.8) is 0 Å². The minimum atomic E-state index is -0.779. The van der Waals surface area contributed by atoms with Gasteiger partial charge >= 0.3 is 0 Å². The van der Waals surface area contributed by atoms with Gasteiger partial charge in [-0.05, 0) is 52.3 Å². The number of anilines is 1. The molecule has 186 valence electrons. The number of nitrogens with zero attached hydrogens (tertiary/aromatic N) is 1. The Kier molecular flexibility index (Phi) is 6.77. The molecule has 0 aliphatic carbocycles. The van der Waals surface area contributed by atoms with Crippen molar-refractivity contribution in [2.45, 2.75) is 52.0 Å². The molecule has 0 aromatic heterocycles. The smallest absolute Gasteiger partial charge is 0.300 e. The maximum Gasteiger partial charge on any atom is 0.300 e. The first-order valence-electron chi connectivity index (χ1n) is 12.2. The van der Waals surface area contributed by atoms with Crippen molar-refractivity contribution < 1.29 is 19.4 Å². The number of aliphatic hydroxyl groups is 1. The van der Waals surface area contributed by atoms with Gasteiger partial charge in [0.05, 0.1) is 24.3 Å². The van der Waals surface area contributed by atoms with Crippen LogP contribution in [0.3, 0.4) is 0 Å². The number of Topliss-reactive ketones (excluding diaryl/α,β-unsaturated/α-hetero) is 1. The van der Waals surface area contributed by atoms with Crippen LogP contribution in [0.1, 0.15) is 68.8 Å². The standard InChI is InChI=1S/C31H33NO4/c1-19(2)20-12-15-23(16-13-20)32-27(21-10-8-7-9-11-21)26(29(34)30(32)35)28(33)24-18-22(31(3,4)5)14-17-25(24)36-6/h7-19,27,33H,1-6H3/b28-26+. The summed E-state index contributed by atoms with van der Waals surface area (Å²) in [6.07, 6.45) is 0. The van der Waals surface area contributed by atoms with Gasteiger partial charge in [-0.1, -0.05) is 83.1 Å². The van der Waals surface area contributed by atoms with E-state index in [-0.39, 0.29) is 16.7 Å². The topological polar surface area (TPSA) is 66.8 Å². The summed E-state index contributed by atoms with van der Waals surface area (Å²) in [7, 11) is 1.52. The number of carbonyl (C=O) groups excluding carboxylic acids is 2. The molecule has 5 nitrogen and oxygen atoms in total. The van der Waals surface area contributed by atoms with E-state index >= 15 is 0 Å². The molecule has 1 aliphatic heterocycles. The Labute approximate surface area is 213 Å². The Morgan fingerprint density at radius 1 is 0.944 bits per heavy atom. The first-order chi connectivity index (χ1) is 17.0. The van der Waals surface area contributed by atoms with E-state index in [1.807, 2.05) is 66.7 Å². The molecule has 3 aromatic rings. The van der Waals surface area contributed by atoms with E-state index in [9.17, 15) is 14.7 Å². The Hall–Kier alpha value is -3.86. The number of methoxy groups -OCH3 is 1. The van der Waals surface area contributed by atoms with Crippen LogP contribution >= 0.6 is 0 Å². The summed E-state index contributed by atoms with van der Waals surface area (Å²) in [5.74, 6) is -0.876. The van der Waals surface area contributed by atoms with E-state index in [4.69, 9.17) is 4.74 Å². The number of amides is 1. The Morgan fingerprint density at radius 2 is 1.58 bits per heavy atom. The van der Waals surface area contributed by atoms with Crippen molar-refractivity contribution in [1.29, 1.82) is 0 Å². The number of hydrogen-bond donors (Lipinski definition) is 1. The number of hydrogen-bond acceptors (Lipinski definition) is 4. The average Bonchev–Trinajstić information content (AvgIpc) is 3.13. The van der Waals surface area contributed by atoms with Gasteiger partial charge in [0.2, 0.25) is 0 Å². The number of rotatable bonds is 5. The number of carbonyl (C=O) groups is 2. The first kappa shape index (κ1) is 25.2. The van der Waals surface area contributed by atoms with E-state index in [0.29, 0.717) is 22.9 Å². The fraction of sp³-hybridized carbons (Fsp3) is 0.290. The highest BCUT2D eigenvalue weighted by molar-refractivity contribution is 6.51. The summed E-state index contributed by atoms with van der Waals surface area (Å²) < 4.78 is 5.54. The maximum atomic E-state index is 13.5.